The highest BCUT2D eigenvalue weighted by Gasteiger charge is 2.25. The van der Waals surface area contributed by atoms with E-state index in [1.807, 2.05) is 43.3 Å². The molecule has 0 spiro atoms. The summed E-state index contributed by atoms with van der Waals surface area (Å²) in [7, 11) is 5.69. The van der Waals surface area contributed by atoms with Crippen molar-refractivity contribution >= 4 is 11.7 Å². The standard InChI is InChI=1S/C26H31FN6O2/c1-17(31(2)3)13-22(28)18-5-7-19(8-6-18)24-16-33(11-12-35-24)26-30-23(14-25(34)32(26)4)20-9-10-29-15-21(20)27/h5-10,14-15,17,24,28H,11-13,16H2,1-4H3/t17-,24+/m0/s1. The van der Waals surface area contributed by atoms with Crippen LogP contribution in [0.3, 0.4) is 0 Å². The molecule has 0 saturated carbocycles. The molecule has 1 aliphatic heterocycles. The average molecular weight is 479 g/mol. The second kappa shape index (κ2) is 10.5. The average Bonchev–Trinajstić information content (AvgIpc) is 2.86. The fourth-order valence-corrected chi connectivity index (χ4v) is 4.06. The molecule has 9 heteroatoms. The van der Waals surface area contributed by atoms with E-state index in [9.17, 15) is 9.18 Å². The van der Waals surface area contributed by atoms with Crippen LogP contribution in [0.4, 0.5) is 10.3 Å². The number of nitrogens with one attached hydrogen (secondary N) is 1. The number of anilines is 1. The zero-order chi connectivity index (χ0) is 25.1. The van der Waals surface area contributed by atoms with Crippen LogP contribution in [0.25, 0.3) is 11.3 Å². The molecule has 3 heterocycles. The molecule has 2 aromatic heterocycles. The van der Waals surface area contributed by atoms with Gasteiger partial charge in [0.05, 0.1) is 25.0 Å². The van der Waals surface area contributed by atoms with Crippen molar-refractivity contribution < 1.29 is 9.13 Å². The highest BCUT2D eigenvalue weighted by atomic mass is 19.1. The lowest BCUT2D eigenvalue weighted by Gasteiger charge is -2.34. The molecule has 1 aliphatic rings. The Bertz CT molecular complexity index is 1260. The van der Waals surface area contributed by atoms with E-state index in [2.05, 4.69) is 21.8 Å². The first-order chi connectivity index (χ1) is 16.7. The Morgan fingerprint density at radius 3 is 2.71 bits per heavy atom. The monoisotopic (exact) mass is 478 g/mol. The molecule has 1 fully saturated rings. The van der Waals surface area contributed by atoms with Crippen LogP contribution in [-0.4, -0.2) is 65.0 Å². The van der Waals surface area contributed by atoms with Crippen molar-refractivity contribution in [3.05, 3.63) is 76.1 Å². The van der Waals surface area contributed by atoms with Gasteiger partial charge in [0.1, 0.15) is 6.10 Å². The van der Waals surface area contributed by atoms with Crippen LogP contribution in [0, 0.1) is 11.2 Å². The van der Waals surface area contributed by atoms with Gasteiger partial charge in [-0.3, -0.25) is 14.3 Å². The molecule has 0 amide bonds. The van der Waals surface area contributed by atoms with E-state index >= 15 is 0 Å². The number of rotatable bonds is 7. The van der Waals surface area contributed by atoms with E-state index in [-0.39, 0.29) is 29.0 Å². The van der Waals surface area contributed by atoms with Crippen LogP contribution in [0.1, 0.15) is 30.6 Å². The molecule has 0 bridgehead atoms. The van der Waals surface area contributed by atoms with Crippen molar-refractivity contribution in [2.24, 2.45) is 7.05 Å². The molecule has 1 N–H and O–H groups in total. The topological polar surface area (TPSA) is 87.3 Å². The lowest BCUT2D eigenvalue weighted by atomic mass is 10.00. The van der Waals surface area contributed by atoms with E-state index in [0.29, 0.717) is 37.8 Å². The number of morpholine rings is 1. The minimum Gasteiger partial charge on any atom is -0.370 e. The lowest BCUT2D eigenvalue weighted by Crippen LogP contribution is -2.41. The second-order valence-corrected chi connectivity index (χ2v) is 9.12. The Balaban J connectivity index is 1.54. The van der Waals surface area contributed by atoms with Gasteiger partial charge >= 0.3 is 0 Å². The summed E-state index contributed by atoms with van der Waals surface area (Å²) >= 11 is 0. The molecule has 2 atom stereocenters. The molecule has 8 nitrogen and oxygen atoms in total. The number of halogens is 1. The summed E-state index contributed by atoms with van der Waals surface area (Å²) in [6.45, 7) is 3.63. The Hall–Kier alpha value is -3.43. The fourth-order valence-electron chi connectivity index (χ4n) is 4.06. The first kappa shape index (κ1) is 24.7. The molecule has 1 saturated heterocycles. The summed E-state index contributed by atoms with van der Waals surface area (Å²) in [5.74, 6) is -0.0576. The van der Waals surface area contributed by atoms with Gasteiger partial charge in [-0.25, -0.2) is 9.37 Å². The van der Waals surface area contributed by atoms with Crippen LogP contribution in [0.2, 0.25) is 0 Å². The van der Waals surface area contributed by atoms with Gasteiger partial charge in [-0.2, -0.15) is 0 Å². The maximum Gasteiger partial charge on any atom is 0.255 e. The van der Waals surface area contributed by atoms with Crippen molar-refractivity contribution in [2.75, 3.05) is 38.7 Å². The number of aromatic nitrogens is 3. The predicted octanol–water partition coefficient (Wildman–Crippen LogP) is 3.27. The van der Waals surface area contributed by atoms with E-state index in [1.165, 1.54) is 22.9 Å². The summed E-state index contributed by atoms with van der Waals surface area (Å²) in [5.41, 5.74) is 2.74. The van der Waals surface area contributed by atoms with Gasteiger partial charge in [-0.15, -0.1) is 0 Å². The third-order valence-corrected chi connectivity index (χ3v) is 6.52. The van der Waals surface area contributed by atoms with Crippen LogP contribution in [-0.2, 0) is 11.8 Å². The van der Waals surface area contributed by atoms with E-state index in [1.54, 1.807) is 7.05 Å². The first-order valence-corrected chi connectivity index (χ1v) is 11.6. The summed E-state index contributed by atoms with van der Waals surface area (Å²) in [4.78, 5) is 25.2. The Labute approximate surface area is 204 Å². The SMILES string of the molecule is C[C@@H](CC(=N)c1ccc([C@H]2CN(c3nc(-c4ccncc4F)cc(=O)n3C)CCO2)cc1)N(C)C. The molecular weight excluding hydrogens is 447 g/mol. The quantitative estimate of drug-likeness (QED) is 0.525. The molecule has 4 rings (SSSR count). The maximum absolute atomic E-state index is 14.3. The van der Waals surface area contributed by atoms with Gasteiger partial charge in [0, 0.05) is 49.6 Å². The normalized spacial score (nSPS) is 17.0. The molecule has 1 aromatic carbocycles. The van der Waals surface area contributed by atoms with E-state index in [4.69, 9.17) is 10.1 Å². The molecule has 35 heavy (non-hydrogen) atoms. The molecule has 0 radical (unpaired) electrons. The number of pyridine rings is 1. The summed E-state index contributed by atoms with van der Waals surface area (Å²) in [6, 6.07) is 11.0. The number of hydrogen-bond donors (Lipinski definition) is 1. The molecular formula is C26H31FN6O2. The molecule has 0 aliphatic carbocycles. The van der Waals surface area contributed by atoms with Gasteiger partial charge in [0.15, 0.2) is 5.82 Å². The largest absolute Gasteiger partial charge is 0.370 e. The Morgan fingerprint density at radius 2 is 2.03 bits per heavy atom. The lowest BCUT2D eigenvalue weighted by molar-refractivity contribution is 0.0390. The van der Waals surface area contributed by atoms with Crippen molar-refractivity contribution in [1.29, 1.82) is 5.41 Å². The minimum atomic E-state index is -0.523. The molecule has 3 aromatic rings. The van der Waals surface area contributed by atoms with E-state index in [0.717, 1.165) is 17.3 Å². The van der Waals surface area contributed by atoms with Crippen LogP contribution < -0.4 is 10.5 Å². The highest BCUT2D eigenvalue weighted by Crippen LogP contribution is 2.27. The zero-order valence-electron chi connectivity index (χ0n) is 20.5. The number of nitrogens with zero attached hydrogens (tertiary/aromatic N) is 5. The van der Waals surface area contributed by atoms with Crippen molar-refractivity contribution in [1.82, 2.24) is 19.4 Å². The van der Waals surface area contributed by atoms with Gasteiger partial charge < -0.3 is 19.9 Å². The fraction of sp³-hybridized carbons (Fsp3) is 0.385. The van der Waals surface area contributed by atoms with Crippen molar-refractivity contribution in [3.8, 4) is 11.3 Å². The zero-order valence-corrected chi connectivity index (χ0v) is 20.5. The second-order valence-electron chi connectivity index (χ2n) is 9.12. The minimum absolute atomic E-state index is 0.217. The van der Waals surface area contributed by atoms with Gasteiger partial charge in [0.25, 0.3) is 5.56 Å². The van der Waals surface area contributed by atoms with Gasteiger partial charge in [-0.1, -0.05) is 24.3 Å². The number of hydrogen-bond acceptors (Lipinski definition) is 7. The third kappa shape index (κ3) is 5.47. The van der Waals surface area contributed by atoms with Crippen LogP contribution in [0.15, 0.2) is 53.6 Å². The summed E-state index contributed by atoms with van der Waals surface area (Å²) in [5, 5.41) is 8.43. The van der Waals surface area contributed by atoms with Crippen LogP contribution in [0.5, 0.6) is 0 Å². The Morgan fingerprint density at radius 1 is 1.29 bits per heavy atom. The highest BCUT2D eigenvalue weighted by molar-refractivity contribution is 5.98. The van der Waals surface area contributed by atoms with Crippen molar-refractivity contribution in [3.63, 3.8) is 0 Å². The third-order valence-electron chi connectivity index (χ3n) is 6.52. The van der Waals surface area contributed by atoms with Gasteiger partial charge in [-0.05, 0) is 38.2 Å². The molecule has 0 unspecified atom stereocenters. The Kier molecular flexibility index (Phi) is 7.37. The number of benzene rings is 1. The van der Waals surface area contributed by atoms with Crippen LogP contribution >= 0.6 is 0 Å². The van der Waals surface area contributed by atoms with E-state index < -0.39 is 5.82 Å². The van der Waals surface area contributed by atoms with Crippen molar-refractivity contribution in [2.45, 2.75) is 25.5 Å². The summed E-state index contributed by atoms with van der Waals surface area (Å²) < 4.78 is 21.8. The first-order valence-electron chi connectivity index (χ1n) is 11.6. The molecule has 184 valence electrons. The number of ether oxygens (including phenoxy) is 1. The maximum atomic E-state index is 14.3. The smallest absolute Gasteiger partial charge is 0.255 e. The predicted molar refractivity (Wildman–Crippen MR) is 135 cm³/mol. The van der Waals surface area contributed by atoms with Gasteiger partial charge in [0.2, 0.25) is 5.95 Å². The summed E-state index contributed by atoms with van der Waals surface area (Å²) in [6.07, 6.45) is 3.05.